The smallest absolute Gasteiger partial charge is 0.0544 e. The fourth-order valence-electron chi connectivity index (χ4n) is 12.1. The lowest BCUT2D eigenvalue weighted by atomic mass is 9.82. The van der Waals surface area contributed by atoms with Gasteiger partial charge in [-0.2, -0.15) is 0 Å². The molecule has 1 aromatic heterocycles. The average Bonchev–Trinajstić information content (AvgIpc) is 3.95. The van der Waals surface area contributed by atoms with E-state index in [4.69, 9.17) is 0 Å². The summed E-state index contributed by atoms with van der Waals surface area (Å²) in [6.07, 6.45) is 0. The van der Waals surface area contributed by atoms with Crippen molar-refractivity contribution in [1.82, 2.24) is 4.57 Å². The average molecular weight is 859 g/mol. The van der Waals surface area contributed by atoms with E-state index in [2.05, 4.69) is 257 Å². The molecule has 3 aliphatic rings. The monoisotopic (exact) mass is 858 g/mol. The molecule has 0 bridgehead atoms. The van der Waals surface area contributed by atoms with Crippen LogP contribution in [0.5, 0.6) is 0 Å². The van der Waals surface area contributed by atoms with Gasteiger partial charge >= 0.3 is 0 Å². The highest BCUT2D eigenvalue weighted by molar-refractivity contribution is 6.13. The zero-order chi connectivity index (χ0) is 45.4. The molecule has 0 atom stereocenters. The molecule has 2 heteroatoms. The second-order valence-corrected chi connectivity index (χ2v) is 20.4. The Morgan fingerprint density at radius 2 is 0.746 bits per heavy atom. The fourth-order valence-corrected chi connectivity index (χ4v) is 12.1. The lowest BCUT2D eigenvalue weighted by molar-refractivity contribution is 0.660. The minimum absolute atomic E-state index is 0.103. The van der Waals surface area contributed by atoms with Crippen molar-refractivity contribution >= 4 is 38.9 Å². The van der Waals surface area contributed by atoms with Gasteiger partial charge in [-0.3, -0.25) is 0 Å². The second-order valence-electron chi connectivity index (χ2n) is 20.4. The zero-order valence-corrected chi connectivity index (χ0v) is 38.9. The molecule has 10 aromatic rings. The molecule has 67 heavy (non-hydrogen) atoms. The van der Waals surface area contributed by atoms with E-state index in [0.29, 0.717) is 0 Å². The molecule has 13 rings (SSSR count). The van der Waals surface area contributed by atoms with Gasteiger partial charge in [-0.15, -0.1) is 0 Å². The molecule has 2 nitrogen and oxygen atoms in total. The van der Waals surface area contributed by atoms with E-state index in [-0.39, 0.29) is 16.2 Å². The number of fused-ring (bicyclic) bond motifs is 12. The van der Waals surface area contributed by atoms with Crippen molar-refractivity contribution in [3.8, 4) is 50.9 Å². The molecule has 0 fully saturated rings. The van der Waals surface area contributed by atoms with Crippen LogP contribution in [0.15, 0.2) is 194 Å². The Kier molecular flexibility index (Phi) is 8.30. The number of aromatic nitrogens is 1. The van der Waals surface area contributed by atoms with Crippen LogP contribution < -0.4 is 4.90 Å². The lowest BCUT2D eigenvalue weighted by Crippen LogP contribution is -2.16. The topological polar surface area (TPSA) is 8.17 Å². The predicted octanol–water partition coefficient (Wildman–Crippen LogP) is 16.6. The van der Waals surface area contributed by atoms with Crippen molar-refractivity contribution in [2.45, 2.75) is 57.8 Å². The maximum Gasteiger partial charge on any atom is 0.0544 e. The zero-order valence-electron chi connectivity index (χ0n) is 38.9. The fraction of sp³-hybridized carbons (Fsp3) is 0.138. The molecule has 0 saturated carbocycles. The number of rotatable bonds is 4. The summed E-state index contributed by atoms with van der Waals surface area (Å²) in [6.45, 7) is 14.2. The number of hydrogen-bond donors (Lipinski definition) is 0. The van der Waals surface area contributed by atoms with Gasteiger partial charge in [0.05, 0.1) is 11.0 Å². The SMILES string of the molecule is CC1(C)c2cc(C#Cc3ccc(-n4c5cc6c(cc5c5cc7c(cc54)C(C)(C)c4ccccc4-7)-c4ccccc4C6(C)C)cc3)ccc2-c2ccc(N(c3ccccc3)c3ccccc3)cc21. The molecule has 9 aromatic carbocycles. The molecule has 0 saturated heterocycles. The Bertz CT molecular complexity index is 3600. The number of anilines is 3. The van der Waals surface area contributed by atoms with Crippen LogP contribution >= 0.6 is 0 Å². The van der Waals surface area contributed by atoms with Crippen molar-refractivity contribution in [2.24, 2.45) is 0 Å². The second kappa shape index (κ2) is 14.1. The Labute approximate surface area is 393 Å². The third-order valence-electron chi connectivity index (χ3n) is 15.6. The lowest BCUT2D eigenvalue weighted by Gasteiger charge is -2.28. The first-order chi connectivity index (χ1) is 32.5. The summed E-state index contributed by atoms with van der Waals surface area (Å²) < 4.78 is 2.51. The Hall–Kier alpha value is -7.86. The summed E-state index contributed by atoms with van der Waals surface area (Å²) in [5.74, 6) is 7.12. The van der Waals surface area contributed by atoms with Crippen LogP contribution in [-0.4, -0.2) is 4.57 Å². The van der Waals surface area contributed by atoms with Gasteiger partial charge in [-0.1, -0.05) is 150 Å². The predicted molar refractivity (Wildman–Crippen MR) is 281 cm³/mol. The summed E-state index contributed by atoms with van der Waals surface area (Å²) in [7, 11) is 0. The summed E-state index contributed by atoms with van der Waals surface area (Å²) in [5, 5.41) is 2.58. The van der Waals surface area contributed by atoms with Crippen molar-refractivity contribution in [3.05, 3.63) is 239 Å². The van der Waals surface area contributed by atoms with Crippen LogP contribution in [0.2, 0.25) is 0 Å². The first-order valence-corrected chi connectivity index (χ1v) is 23.7. The van der Waals surface area contributed by atoms with Crippen molar-refractivity contribution in [3.63, 3.8) is 0 Å². The van der Waals surface area contributed by atoms with Crippen molar-refractivity contribution in [2.75, 3.05) is 4.90 Å². The molecule has 3 aliphatic carbocycles. The van der Waals surface area contributed by atoms with Crippen LogP contribution in [-0.2, 0) is 16.2 Å². The minimum atomic E-state index is -0.197. The van der Waals surface area contributed by atoms with Gasteiger partial charge in [0.1, 0.15) is 0 Å². The third-order valence-corrected chi connectivity index (χ3v) is 15.6. The molecule has 0 radical (unpaired) electrons. The molecule has 0 aliphatic heterocycles. The highest BCUT2D eigenvalue weighted by atomic mass is 15.1. The van der Waals surface area contributed by atoms with Gasteiger partial charge < -0.3 is 9.47 Å². The van der Waals surface area contributed by atoms with Crippen LogP contribution in [0.4, 0.5) is 17.1 Å². The highest BCUT2D eigenvalue weighted by Crippen LogP contribution is 2.55. The summed E-state index contributed by atoms with van der Waals surface area (Å²) in [6, 6.07) is 71.8. The summed E-state index contributed by atoms with van der Waals surface area (Å²) in [4.78, 5) is 2.35. The normalized spacial score (nSPS) is 15.0. The Morgan fingerprint density at radius 3 is 1.30 bits per heavy atom. The molecule has 320 valence electrons. The first-order valence-electron chi connectivity index (χ1n) is 23.7. The van der Waals surface area contributed by atoms with Gasteiger partial charge in [0.2, 0.25) is 0 Å². The first kappa shape index (κ1) is 39.5. The molecular formula is C65H50N2. The Balaban J connectivity index is 0.874. The van der Waals surface area contributed by atoms with Gasteiger partial charge in [-0.25, -0.2) is 0 Å². The summed E-state index contributed by atoms with van der Waals surface area (Å²) >= 11 is 0. The van der Waals surface area contributed by atoms with Crippen molar-refractivity contribution in [1.29, 1.82) is 0 Å². The molecule has 1 heterocycles. The van der Waals surface area contributed by atoms with Crippen LogP contribution in [0.1, 0.15) is 86.1 Å². The van der Waals surface area contributed by atoms with Gasteiger partial charge in [0.25, 0.3) is 0 Å². The van der Waals surface area contributed by atoms with Crippen LogP contribution in [0.25, 0.3) is 60.9 Å². The van der Waals surface area contributed by atoms with Crippen LogP contribution in [0, 0.1) is 11.8 Å². The molecule has 0 amide bonds. The molecule has 0 unspecified atom stereocenters. The number of nitrogens with zero attached hydrogens (tertiary/aromatic N) is 2. The standard InChI is InChI=1S/C65H50N2/c1-63(2)55-23-15-13-21-47(55)51-37-53-54-38-52-48-22-14-16-24-56(48)64(3,4)60(52)40-62(54)67(61(53)39-59(51)63)45-30-27-41(28-31-45)25-26-42-29-33-49-50-34-32-46(36-58(50)65(5,6)57(49)35-42)66(43-17-9-7-10-18-43)44-19-11-8-12-20-44/h7-24,27-40H,1-6H3. The maximum absolute atomic E-state index is 3.57. The maximum atomic E-state index is 3.57. The van der Waals surface area contributed by atoms with E-state index in [1.54, 1.807) is 0 Å². The third kappa shape index (κ3) is 5.71. The summed E-state index contributed by atoms with van der Waals surface area (Å²) in [5.41, 5.74) is 24.8. The largest absolute Gasteiger partial charge is 0.310 e. The van der Waals surface area contributed by atoms with E-state index >= 15 is 0 Å². The molecular weight excluding hydrogens is 809 g/mol. The Morgan fingerprint density at radius 1 is 0.328 bits per heavy atom. The minimum Gasteiger partial charge on any atom is -0.310 e. The van der Waals surface area contributed by atoms with Gasteiger partial charge in [0.15, 0.2) is 0 Å². The van der Waals surface area contributed by atoms with E-state index in [0.717, 1.165) is 33.9 Å². The van der Waals surface area contributed by atoms with Gasteiger partial charge in [0, 0.05) is 60.9 Å². The quantitative estimate of drug-likeness (QED) is 0.160. The number of para-hydroxylation sites is 2. The van der Waals surface area contributed by atoms with E-state index in [1.807, 2.05) is 0 Å². The van der Waals surface area contributed by atoms with E-state index in [1.165, 1.54) is 88.6 Å². The molecule has 0 spiro atoms. The number of hydrogen-bond acceptors (Lipinski definition) is 1. The highest BCUT2D eigenvalue weighted by Gasteiger charge is 2.39. The number of benzene rings is 9. The van der Waals surface area contributed by atoms with Crippen LogP contribution in [0.3, 0.4) is 0 Å². The molecule has 0 N–H and O–H groups in total. The van der Waals surface area contributed by atoms with E-state index in [9.17, 15) is 0 Å². The van der Waals surface area contributed by atoms with E-state index < -0.39 is 0 Å². The van der Waals surface area contributed by atoms with Gasteiger partial charge in [-0.05, 0) is 164 Å². The van der Waals surface area contributed by atoms with Crippen molar-refractivity contribution < 1.29 is 0 Å².